The van der Waals surface area contributed by atoms with Crippen LogP contribution in [-0.2, 0) is 21.2 Å². The number of nitrogens with one attached hydrogen (secondary N) is 1. The van der Waals surface area contributed by atoms with Crippen molar-refractivity contribution in [2.75, 3.05) is 19.6 Å². The van der Waals surface area contributed by atoms with E-state index in [0.717, 1.165) is 36.8 Å². The second kappa shape index (κ2) is 11.1. The van der Waals surface area contributed by atoms with Gasteiger partial charge in [-0.15, -0.1) is 0 Å². The number of nitrogens with zero attached hydrogens (tertiary/aromatic N) is 1. The molecule has 1 amide bonds. The average Bonchev–Trinajstić information content (AvgIpc) is 3.05. The molecular weight excluding hydrogens is 455 g/mol. The Labute approximate surface area is 194 Å². The van der Waals surface area contributed by atoms with Crippen LogP contribution >= 0.6 is 23.2 Å². The quantitative estimate of drug-likeness (QED) is 0.571. The van der Waals surface area contributed by atoms with Crippen LogP contribution in [0.15, 0.2) is 53.4 Å². The zero-order valence-electron chi connectivity index (χ0n) is 17.2. The van der Waals surface area contributed by atoms with Gasteiger partial charge in [-0.05, 0) is 60.7 Å². The lowest BCUT2D eigenvalue weighted by atomic mass is 10.1. The Bertz CT molecular complexity index is 1030. The van der Waals surface area contributed by atoms with Gasteiger partial charge < -0.3 is 5.32 Å². The van der Waals surface area contributed by atoms with E-state index in [1.165, 1.54) is 6.08 Å². The molecule has 2 aromatic carbocycles. The molecule has 0 unspecified atom stereocenters. The van der Waals surface area contributed by atoms with Crippen LogP contribution in [0.5, 0.6) is 0 Å². The molecule has 2 aromatic rings. The maximum atomic E-state index is 12.8. The van der Waals surface area contributed by atoms with E-state index in [4.69, 9.17) is 23.2 Å². The Morgan fingerprint density at radius 3 is 2.29 bits per heavy atom. The Morgan fingerprint density at radius 1 is 0.968 bits per heavy atom. The van der Waals surface area contributed by atoms with Crippen molar-refractivity contribution in [3.05, 3.63) is 69.7 Å². The summed E-state index contributed by atoms with van der Waals surface area (Å²) in [6.45, 7) is 1.63. The minimum absolute atomic E-state index is 0.216. The Morgan fingerprint density at radius 2 is 1.65 bits per heavy atom. The minimum atomic E-state index is -3.44. The highest BCUT2D eigenvalue weighted by molar-refractivity contribution is 7.89. The summed E-state index contributed by atoms with van der Waals surface area (Å²) >= 11 is 11.8. The van der Waals surface area contributed by atoms with Crippen LogP contribution < -0.4 is 5.32 Å². The number of rotatable bonds is 7. The van der Waals surface area contributed by atoms with E-state index in [1.54, 1.807) is 40.7 Å². The first-order valence-electron chi connectivity index (χ1n) is 10.4. The third-order valence-electron chi connectivity index (χ3n) is 5.21. The molecule has 1 aliphatic heterocycles. The number of benzene rings is 2. The SMILES string of the molecule is O=C(/C=C/c1ccc(Cl)c(Cl)c1)NCCc1ccc(S(=O)(=O)N2CCCCCC2)cc1. The molecular formula is C23H26Cl2N2O3S. The summed E-state index contributed by atoms with van der Waals surface area (Å²) in [5.74, 6) is -0.216. The smallest absolute Gasteiger partial charge is 0.244 e. The molecule has 0 spiro atoms. The fourth-order valence-corrected chi connectivity index (χ4v) is 5.26. The first-order valence-corrected chi connectivity index (χ1v) is 12.6. The van der Waals surface area contributed by atoms with Crippen LogP contribution in [0, 0.1) is 0 Å². The summed E-state index contributed by atoms with van der Waals surface area (Å²) in [6, 6.07) is 12.1. The normalized spacial score (nSPS) is 15.7. The maximum Gasteiger partial charge on any atom is 0.244 e. The number of carbonyl (C=O) groups is 1. The number of carbonyl (C=O) groups excluding carboxylic acids is 1. The van der Waals surface area contributed by atoms with Crippen LogP contribution in [0.2, 0.25) is 10.0 Å². The van der Waals surface area contributed by atoms with E-state index >= 15 is 0 Å². The molecule has 1 fully saturated rings. The second-order valence-corrected chi connectivity index (χ2v) is 10.3. The number of halogens is 2. The van der Waals surface area contributed by atoms with Crippen molar-refractivity contribution in [1.29, 1.82) is 0 Å². The Kier molecular flexibility index (Phi) is 8.55. The second-order valence-electron chi connectivity index (χ2n) is 7.51. The summed E-state index contributed by atoms with van der Waals surface area (Å²) < 4.78 is 27.3. The van der Waals surface area contributed by atoms with Gasteiger partial charge in [-0.25, -0.2) is 8.42 Å². The summed E-state index contributed by atoms with van der Waals surface area (Å²) in [6.07, 6.45) is 7.71. The first kappa shape index (κ1) is 23.8. The highest BCUT2D eigenvalue weighted by Gasteiger charge is 2.24. The summed E-state index contributed by atoms with van der Waals surface area (Å²) in [5, 5.41) is 3.72. The Hall–Kier alpha value is -1.86. The van der Waals surface area contributed by atoms with Gasteiger partial charge in [-0.2, -0.15) is 4.31 Å². The van der Waals surface area contributed by atoms with Crippen molar-refractivity contribution in [3.8, 4) is 0 Å². The number of hydrogen-bond acceptors (Lipinski definition) is 3. The molecule has 0 bridgehead atoms. The molecule has 0 radical (unpaired) electrons. The molecule has 0 aromatic heterocycles. The van der Waals surface area contributed by atoms with Gasteiger partial charge in [0.2, 0.25) is 15.9 Å². The van der Waals surface area contributed by atoms with Gasteiger partial charge >= 0.3 is 0 Å². The van der Waals surface area contributed by atoms with Crippen molar-refractivity contribution in [1.82, 2.24) is 9.62 Å². The van der Waals surface area contributed by atoms with Gasteiger partial charge in [-0.3, -0.25) is 4.79 Å². The van der Waals surface area contributed by atoms with Gasteiger partial charge in [0.15, 0.2) is 0 Å². The van der Waals surface area contributed by atoms with E-state index in [2.05, 4.69) is 5.32 Å². The fourth-order valence-electron chi connectivity index (χ4n) is 3.44. The Balaban J connectivity index is 1.50. The van der Waals surface area contributed by atoms with E-state index in [-0.39, 0.29) is 5.91 Å². The molecule has 1 heterocycles. The van der Waals surface area contributed by atoms with Gasteiger partial charge in [0, 0.05) is 25.7 Å². The zero-order valence-corrected chi connectivity index (χ0v) is 19.5. The van der Waals surface area contributed by atoms with E-state index < -0.39 is 10.0 Å². The van der Waals surface area contributed by atoms with Crippen molar-refractivity contribution >= 4 is 45.2 Å². The first-order chi connectivity index (χ1) is 14.9. The minimum Gasteiger partial charge on any atom is -0.352 e. The van der Waals surface area contributed by atoms with Crippen LogP contribution in [0.3, 0.4) is 0 Å². The van der Waals surface area contributed by atoms with E-state index in [0.29, 0.717) is 41.0 Å². The third kappa shape index (κ3) is 6.81. The standard InChI is InChI=1S/C23H26Cl2N2O3S/c24-21-11-7-19(17-22(21)25)8-12-23(28)26-14-13-18-5-9-20(10-6-18)31(29,30)27-15-3-1-2-4-16-27/h5-12,17H,1-4,13-16H2,(H,26,28)/b12-8+. The fraction of sp³-hybridized carbons (Fsp3) is 0.348. The summed E-state index contributed by atoms with van der Waals surface area (Å²) in [5.41, 5.74) is 1.74. The lowest BCUT2D eigenvalue weighted by Gasteiger charge is -2.20. The van der Waals surface area contributed by atoms with Gasteiger partial charge in [0.25, 0.3) is 0 Å². The van der Waals surface area contributed by atoms with Crippen molar-refractivity contribution < 1.29 is 13.2 Å². The van der Waals surface area contributed by atoms with Gasteiger partial charge in [0.1, 0.15) is 0 Å². The predicted molar refractivity (Wildman–Crippen MR) is 126 cm³/mol. The third-order valence-corrected chi connectivity index (χ3v) is 7.86. The molecule has 166 valence electrons. The number of sulfonamides is 1. The van der Waals surface area contributed by atoms with Crippen LogP contribution in [0.4, 0.5) is 0 Å². The van der Waals surface area contributed by atoms with Gasteiger partial charge in [-0.1, -0.05) is 54.2 Å². The molecule has 3 rings (SSSR count). The van der Waals surface area contributed by atoms with Crippen molar-refractivity contribution in [2.24, 2.45) is 0 Å². The van der Waals surface area contributed by atoms with Crippen molar-refractivity contribution in [3.63, 3.8) is 0 Å². The monoisotopic (exact) mass is 480 g/mol. The number of amides is 1. The van der Waals surface area contributed by atoms with E-state index in [9.17, 15) is 13.2 Å². The zero-order chi connectivity index (χ0) is 22.3. The highest BCUT2D eigenvalue weighted by atomic mass is 35.5. The molecule has 0 saturated carbocycles. The van der Waals surface area contributed by atoms with E-state index in [1.807, 2.05) is 12.1 Å². The average molecular weight is 481 g/mol. The summed E-state index contributed by atoms with van der Waals surface area (Å²) in [4.78, 5) is 12.3. The molecule has 5 nitrogen and oxygen atoms in total. The topological polar surface area (TPSA) is 66.5 Å². The van der Waals surface area contributed by atoms with Gasteiger partial charge in [0.05, 0.1) is 14.9 Å². The largest absolute Gasteiger partial charge is 0.352 e. The van der Waals surface area contributed by atoms with Crippen molar-refractivity contribution in [2.45, 2.75) is 37.0 Å². The molecule has 1 N–H and O–H groups in total. The van der Waals surface area contributed by atoms with Crippen LogP contribution in [0.25, 0.3) is 6.08 Å². The lowest BCUT2D eigenvalue weighted by molar-refractivity contribution is -0.116. The maximum absolute atomic E-state index is 12.8. The van der Waals surface area contributed by atoms with Crippen LogP contribution in [-0.4, -0.2) is 38.3 Å². The van der Waals surface area contributed by atoms with Crippen LogP contribution in [0.1, 0.15) is 36.8 Å². The molecule has 1 saturated heterocycles. The molecule has 1 aliphatic rings. The molecule has 0 atom stereocenters. The highest BCUT2D eigenvalue weighted by Crippen LogP contribution is 2.23. The molecule has 31 heavy (non-hydrogen) atoms. The predicted octanol–water partition coefficient (Wildman–Crippen LogP) is 4.93. The summed E-state index contributed by atoms with van der Waals surface area (Å²) in [7, 11) is -3.44. The lowest BCUT2D eigenvalue weighted by Crippen LogP contribution is -2.31. The molecule has 0 aliphatic carbocycles. The molecule has 8 heteroatoms. The number of hydrogen-bond donors (Lipinski definition) is 1.